The van der Waals surface area contributed by atoms with Crippen LogP contribution in [0.3, 0.4) is 0 Å². The van der Waals surface area contributed by atoms with Gasteiger partial charge in [0.1, 0.15) is 11.5 Å². The molecule has 25 heavy (non-hydrogen) atoms. The Morgan fingerprint density at radius 2 is 1.84 bits per heavy atom. The van der Waals surface area contributed by atoms with E-state index in [0.29, 0.717) is 29.7 Å². The molecule has 2 aromatic rings. The van der Waals surface area contributed by atoms with Gasteiger partial charge in [0, 0.05) is 6.07 Å². The lowest BCUT2D eigenvalue weighted by molar-refractivity contribution is 0.306. The quantitative estimate of drug-likeness (QED) is 0.598. The predicted octanol–water partition coefficient (Wildman–Crippen LogP) is 2.73. The molecule has 0 saturated carbocycles. The van der Waals surface area contributed by atoms with Crippen molar-refractivity contribution in [3.63, 3.8) is 0 Å². The Kier molecular flexibility index (Phi) is 6.65. The van der Waals surface area contributed by atoms with Crippen LogP contribution >= 0.6 is 0 Å². The molecule has 0 aliphatic rings. The second-order valence-corrected chi connectivity index (χ2v) is 5.81. The molecule has 0 aliphatic carbocycles. The number of likely N-dealkylation sites (N-methyl/N-ethyl adjacent to an activating group) is 1. The molecule has 2 rings (SSSR count). The van der Waals surface area contributed by atoms with E-state index in [0.717, 1.165) is 0 Å². The number of nitrogens with one attached hydrogen (secondary N) is 1. The third kappa shape index (κ3) is 5.12. The van der Waals surface area contributed by atoms with Gasteiger partial charge in [-0.1, -0.05) is 30.3 Å². The molecule has 0 heterocycles. The number of anilines is 1. The van der Waals surface area contributed by atoms with Crippen LogP contribution in [0.5, 0.6) is 11.5 Å². The van der Waals surface area contributed by atoms with E-state index < -0.39 is 0 Å². The highest BCUT2D eigenvalue weighted by Crippen LogP contribution is 2.28. The summed E-state index contributed by atoms with van der Waals surface area (Å²) in [6.07, 6.45) is 0. The van der Waals surface area contributed by atoms with Crippen molar-refractivity contribution in [1.82, 2.24) is 4.90 Å². The molecule has 2 aromatic carbocycles. The molecule has 0 bridgehead atoms. The minimum absolute atomic E-state index is 0.147. The number of methoxy groups -OCH3 is 2. The average Bonchev–Trinajstić information content (AvgIpc) is 2.62. The zero-order valence-electron chi connectivity index (χ0n) is 15.2. The number of aliphatic imine (C=N–C) groups is 1. The Hall–Kier alpha value is -2.73. The molecule has 134 valence electrons. The number of benzene rings is 2. The molecule has 0 radical (unpaired) electrons. The highest BCUT2D eigenvalue weighted by Gasteiger charge is 2.13. The van der Waals surface area contributed by atoms with Gasteiger partial charge >= 0.3 is 0 Å². The van der Waals surface area contributed by atoms with Crippen LogP contribution < -0.4 is 20.5 Å². The summed E-state index contributed by atoms with van der Waals surface area (Å²) in [5.74, 6) is 1.71. The number of nitrogens with two attached hydrogens (primary N) is 1. The van der Waals surface area contributed by atoms with Crippen molar-refractivity contribution < 1.29 is 9.47 Å². The van der Waals surface area contributed by atoms with Gasteiger partial charge in [-0.2, -0.15) is 0 Å². The Morgan fingerprint density at radius 1 is 1.12 bits per heavy atom. The van der Waals surface area contributed by atoms with Gasteiger partial charge in [0.25, 0.3) is 0 Å². The number of hydrogen-bond acceptors (Lipinski definition) is 4. The number of guanidine groups is 1. The first kappa shape index (κ1) is 18.6. The minimum Gasteiger partial charge on any atom is -0.497 e. The topological polar surface area (TPSA) is 72.1 Å². The summed E-state index contributed by atoms with van der Waals surface area (Å²) in [6.45, 7) is 0.544. The molecule has 6 nitrogen and oxygen atoms in total. The zero-order valence-corrected chi connectivity index (χ0v) is 15.2. The van der Waals surface area contributed by atoms with Gasteiger partial charge in [-0.3, -0.25) is 4.99 Å². The summed E-state index contributed by atoms with van der Waals surface area (Å²) in [5.41, 5.74) is 7.98. The van der Waals surface area contributed by atoms with E-state index in [4.69, 9.17) is 15.2 Å². The molecule has 0 aromatic heterocycles. The normalized spacial score (nSPS) is 12.8. The third-order valence-electron chi connectivity index (χ3n) is 3.91. The van der Waals surface area contributed by atoms with Crippen LogP contribution in [0.2, 0.25) is 0 Å². The monoisotopic (exact) mass is 342 g/mol. The largest absolute Gasteiger partial charge is 0.497 e. The number of nitrogens with zero attached hydrogens (tertiary/aromatic N) is 2. The lowest BCUT2D eigenvalue weighted by Gasteiger charge is -2.23. The molecular weight excluding hydrogens is 316 g/mol. The molecule has 0 aliphatic heterocycles. The zero-order chi connectivity index (χ0) is 18.2. The first-order valence-electron chi connectivity index (χ1n) is 8.05. The standard InChI is InChI=1S/C19H26N4O2/c1-23(2)17(14-8-6-5-7-9-14)13-21-19(20)22-16-12-15(24-3)10-11-18(16)25-4/h5-12,17H,13H2,1-4H3,(H3,20,21,22). The molecule has 0 amide bonds. The molecule has 3 N–H and O–H groups in total. The summed E-state index contributed by atoms with van der Waals surface area (Å²) in [6, 6.07) is 15.9. The first-order valence-corrected chi connectivity index (χ1v) is 8.05. The average molecular weight is 342 g/mol. The second kappa shape index (κ2) is 8.94. The molecule has 0 saturated heterocycles. The van der Waals surface area contributed by atoms with Crippen LogP contribution in [0.4, 0.5) is 5.69 Å². The lowest BCUT2D eigenvalue weighted by atomic mass is 10.1. The molecular formula is C19H26N4O2. The van der Waals surface area contributed by atoms with E-state index >= 15 is 0 Å². The van der Waals surface area contributed by atoms with Gasteiger partial charge in [0.15, 0.2) is 5.96 Å². The summed E-state index contributed by atoms with van der Waals surface area (Å²) in [7, 11) is 7.28. The van der Waals surface area contributed by atoms with E-state index in [-0.39, 0.29) is 6.04 Å². The van der Waals surface area contributed by atoms with Gasteiger partial charge < -0.3 is 25.4 Å². The highest BCUT2D eigenvalue weighted by atomic mass is 16.5. The van der Waals surface area contributed by atoms with Crippen molar-refractivity contribution in [2.75, 3.05) is 40.2 Å². The van der Waals surface area contributed by atoms with Gasteiger partial charge in [-0.25, -0.2) is 0 Å². The Balaban J connectivity index is 2.13. The van der Waals surface area contributed by atoms with Gasteiger partial charge in [-0.05, 0) is 31.8 Å². The molecule has 0 spiro atoms. The van der Waals surface area contributed by atoms with E-state index in [2.05, 4.69) is 27.3 Å². The Bertz CT molecular complexity index is 702. The van der Waals surface area contributed by atoms with Crippen molar-refractivity contribution in [2.45, 2.75) is 6.04 Å². The first-order chi connectivity index (χ1) is 12.0. The lowest BCUT2D eigenvalue weighted by Crippen LogP contribution is -2.27. The fourth-order valence-corrected chi connectivity index (χ4v) is 2.52. The predicted molar refractivity (Wildman–Crippen MR) is 103 cm³/mol. The summed E-state index contributed by atoms with van der Waals surface area (Å²) in [4.78, 5) is 6.62. The minimum atomic E-state index is 0.147. The third-order valence-corrected chi connectivity index (χ3v) is 3.91. The van der Waals surface area contributed by atoms with Crippen LogP contribution in [0.15, 0.2) is 53.5 Å². The maximum atomic E-state index is 6.07. The van der Waals surface area contributed by atoms with Gasteiger partial charge in [0.2, 0.25) is 0 Å². The Morgan fingerprint density at radius 3 is 2.44 bits per heavy atom. The van der Waals surface area contributed by atoms with Crippen LogP contribution in [-0.2, 0) is 0 Å². The van der Waals surface area contributed by atoms with Gasteiger partial charge in [-0.15, -0.1) is 0 Å². The summed E-state index contributed by atoms with van der Waals surface area (Å²) >= 11 is 0. The van der Waals surface area contributed by atoms with Crippen LogP contribution in [-0.4, -0.2) is 45.7 Å². The van der Waals surface area contributed by atoms with Crippen molar-refractivity contribution in [2.24, 2.45) is 10.7 Å². The highest BCUT2D eigenvalue weighted by molar-refractivity contribution is 5.94. The van der Waals surface area contributed by atoms with E-state index in [1.807, 2.05) is 50.5 Å². The smallest absolute Gasteiger partial charge is 0.193 e. The SMILES string of the molecule is COc1ccc(OC)c(NC(N)=NCC(c2ccccc2)N(C)C)c1. The van der Waals surface area contributed by atoms with Crippen molar-refractivity contribution >= 4 is 11.6 Å². The number of hydrogen-bond donors (Lipinski definition) is 2. The van der Waals surface area contributed by atoms with Crippen molar-refractivity contribution in [3.8, 4) is 11.5 Å². The molecule has 6 heteroatoms. The van der Waals surface area contributed by atoms with Crippen LogP contribution in [0, 0.1) is 0 Å². The van der Waals surface area contributed by atoms with Crippen molar-refractivity contribution in [3.05, 3.63) is 54.1 Å². The Labute approximate surface area is 149 Å². The van der Waals surface area contributed by atoms with E-state index in [9.17, 15) is 0 Å². The number of rotatable bonds is 7. The van der Waals surface area contributed by atoms with Gasteiger partial charge in [0.05, 0.1) is 32.5 Å². The van der Waals surface area contributed by atoms with Crippen LogP contribution in [0.25, 0.3) is 0 Å². The maximum Gasteiger partial charge on any atom is 0.193 e. The van der Waals surface area contributed by atoms with Crippen molar-refractivity contribution in [1.29, 1.82) is 0 Å². The molecule has 1 atom stereocenters. The second-order valence-electron chi connectivity index (χ2n) is 5.81. The summed E-state index contributed by atoms with van der Waals surface area (Å²) in [5, 5.41) is 3.09. The fourth-order valence-electron chi connectivity index (χ4n) is 2.52. The maximum absolute atomic E-state index is 6.07. The fraction of sp³-hybridized carbons (Fsp3) is 0.316. The van der Waals surface area contributed by atoms with Crippen LogP contribution in [0.1, 0.15) is 11.6 Å². The molecule has 0 fully saturated rings. The van der Waals surface area contributed by atoms with E-state index in [1.165, 1.54) is 5.56 Å². The van der Waals surface area contributed by atoms with E-state index in [1.54, 1.807) is 14.2 Å². The summed E-state index contributed by atoms with van der Waals surface area (Å²) < 4.78 is 10.6. The molecule has 1 unspecified atom stereocenters. The number of ether oxygens (including phenoxy) is 2.